The summed E-state index contributed by atoms with van der Waals surface area (Å²) in [6.07, 6.45) is 0. The number of hydrogen-bond acceptors (Lipinski definition) is 3. The van der Waals surface area contributed by atoms with Crippen molar-refractivity contribution in [1.29, 1.82) is 0 Å². The van der Waals surface area contributed by atoms with Gasteiger partial charge in [0.15, 0.2) is 0 Å². The maximum atomic E-state index is 13.4. The van der Waals surface area contributed by atoms with E-state index in [1.165, 1.54) is 12.1 Å². The molecule has 0 aromatic heterocycles. The van der Waals surface area contributed by atoms with E-state index in [0.29, 0.717) is 31.6 Å². The Morgan fingerprint density at radius 1 is 0.750 bits per heavy atom. The van der Waals surface area contributed by atoms with Crippen molar-refractivity contribution < 1.29 is 13.6 Å². The molecule has 0 spiro atoms. The van der Waals surface area contributed by atoms with Crippen molar-refractivity contribution in [3.63, 3.8) is 0 Å². The average molecular weight is 428 g/mol. The maximum absolute atomic E-state index is 13.4. The lowest BCUT2D eigenvalue weighted by Crippen LogP contribution is -2.22. The van der Waals surface area contributed by atoms with E-state index >= 15 is 0 Å². The first-order chi connectivity index (χ1) is 11.0. The van der Waals surface area contributed by atoms with Gasteiger partial charge in [0.1, 0.15) is 11.5 Å². The van der Waals surface area contributed by atoms with E-state index in [9.17, 15) is 4.57 Å². The minimum Gasteiger partial charge on any atom is -0.416 e. The second-order valence-electron chi connectivity index (χ2n) is 6.00. The Bertz CT molecular complexity index is 745. The SMILES string of the molecule is CC(C)(C)P(=O)(Oc1ccc(Cl)c(Cl)c1)Oc1ccc(Cl)c(Cl)c1. The van der Waals surface area contributed by atoms with Crippen LogP contribution in [0.15, 0.2) is 36.4 Å². The third-order valence-electron chi connectivity index (χ3n) is 3.05. The van der Waals surface area contributed by atoms with Gasteiger partial charge < -0.3 is 9.05 Å². The molecule has 0 bridgehead atoms. The van der Waals surface area contributed by atoms with Gasteiger partial charge >= 0.3 is 7.60 Å². The predicted octanol–water partition coefficient (Wildman–Crippen LogP) is 7.75. The highest BCUT2D eigenvalue weighted by Gasteiger charge is 2.43. The molecule has 3 nitrogen and oxygen atoms in total. The third kappa shape index (κ3) is 4.53. The van der Waals surface area contributed by atoms with Crippen LogP contribution in [-0.2, 0) is 4.57 Å². The fraction of sp³-hybridized carbons (Fsp3) is 0.250. The molecular weight excluding hydrogens is 413 g/mol. The quantitative estimate of drug-likeness (QED) is 0.467. The van der Waals surface area contributed by atoms with E-state index in [4.69, 9.17) is 55.5 Å². The van der Waals surface area contributed by atoms with Gasteiger partial charge in [-0.25, -0.2) is 4.57 Å². The fourth-order valence-corrected chi connectivity index (χ4v) is 3.58. The van der Waals surface area contributed by atoms with Crippen LogP contribution >= 0.6 is 54.0 Å². The molecule has 0 amide bonds. The summed E-state index contributed by atoms with van der Waals surface area (Å²) in [6.45, 7) is 5.26. The molecule has 0 aliphatic rings. The van der Waals surface area contributed by atoms with Gasteiger partial charge in [0.2, 0.25) is 0 Å². The molecule has 2 rings (SSSR count). The normalized spacial score (nSPS) is 12.1. The van der Waals surface area contributed by atoms with E-state index in [1.807, 2.05) is 0 Å². The van der Waals surface area contributed by atoms with Crippen molar-refractivity contribution in [2.75, 3.05) is 0 Å². The summed E-state index contributed by atoms with van der Waals surface area (Å²) in [7, 11) is -3.62. The topological polar surface area (TPSA) is 35.5 Å². The van der Waals surface area contributed by atoms with Crippen LogP contribution in [-0.4, -0.2) is 5.16 Å². The highest BCUT2D eigenvalue weighted by molar-refractivity contribution is 7.56. The van der Waals surface area contributed by atoms with Gasteiger partial charge in [-0.1, -0.05) is 46.4 Å². The first-order valence-corrected chi connectivity index (χ1v) is 9.97. The highest BCUT2D eigenvalue weighted by Crippen LogP contribution is 2.59. The Kier molecular flexibility index (Phi) is 6.05. The predicted molar refractivity (Wildman–Crippen MR) is 102 cm³/mol. The summed E-state index contributed by atoms with van der Waals surface area (Å²) in [5, 5.41) is 0.541. The van der Waals surface area contributed by atoms with Gasteiger partial charge in [0, 0.05) is 12.1 Å². The molecule has 2 aromatic carbocycles. The largest absolute Gasteiger partial charge is 0.435 e. The van der Waals surface area contributed by atoms with E-state index in [0.717, 1.165) is 0 Å². The zero-order valence-corrected chi connectivity index (χ0v) is 17.1. The van der Waals surface area contributed by atoms with Gasteiger partial charge in [-0.15, -0.1) is 0 Å². The molecule has 0 atom stereocenters. The summed E-state index contributed by atoms with van der Waals surface area (Å²) in [4.78, 5) is 0. The molecular formula is C16H15Cl4O3P. The first kappa shape index (κ1) is 19.8. The van der Waals surface area contributed by atoms with Gasteiger partial charge in [-0.05, 0) is 45.0 Å². The summed E-state index contributed by atoms with van der Waals surface area (Å²) < 4.78 is 24.8. The van der Waals surface area contributed by atoms with E-state index in [-0.39, 0.29) is 0 Å². The zero-order chi connectivity index (χ0) is 18.1. The van der Waals surface area contributed by atoms with E-state index in [1.54, 1.807) is 45.0 Å². The first-order valence-electron chi connectivity index (χ1n) is 6.91. The van der Waals surface area contributed by atoms with Crippen LogP contribution in [0.4, 0.5) is 0 Å². The Hall–Kier alpha value is -0.570. The lowest BCUT2D eigenvalue weighted by atomic mass is 10.3. The number of hydrogen-bond donors (Lipinski definition) is 0. The summed E-state index contributed by atoms with van der Waals surface area (Å²) in [5.41, 5.74) is 0. The van der Waals surface area contributed by atoms with Crippen LogP contribution < -0.4 is 9.05 Å². The van der Waals surface area contributed by atoms with Crippen molar-refractivity contribution in [2.45, 2.75) is 25.9 Å². The van der Waals surface area contributed by atoms with Gasteiger partial charge in [0.25, 0.3) is 0 Å². The van der Waals surface area contributed by atoms with Gasteiger partial charge in [-0.2, -0.15) is 0 Å². The minimum atomic E-state index is -3.62. The molecule has 0 radical (unpaired) electrons. The molecule has 0 aliphatic heterocycles. The second kappa shape index (κ2) is 7.35. The van der Waals surface area contributed by atoms with Crippen molar-refractivity contribution in [3.8, 4) is 11.5 Å². The molecule has 0 saturated carbocycles. The van der Waals surface area contributed by atoms with Crippen molar-refractivity contribution in [1.82, 2.24) is 0 Å². The van der Waals surface area contributed by atoms with Crippen molar-refractivity contribution in [2.24, 2.45) is 0 Å². The molecule has 0 heterocycles. The fourth-order valence-electron chi connectivity index (χ4n) is 1.64. The lowest BCUT2D eigenvalue weighted by molar-refractivity contribution is 0.356. The molecule has 0 saturated heterocycles. The summed E-state index contributed by atoms with van der Waals surface area (Å²) in [6, 6.07) is 9.24. The Morgan fingerprint density at radius 3 is 1.42 bits per heavy atom. The van der Waals surface area contributed by atoms with Crippen molar-refractivity contribution in [3.05, 3.63) is 56.5 Å². The van der Waals surface area contributed by atoms with Crippen LogP contribution in [0, 0.1) is 0 Å². The molecule has 0 aliphatic carbocycles. The van der Waals surface area contributed by atoms with Gasteiger partial charge in [-0.3, -0.25) is 0 Å². The number of halogens is 4. The molecule has 2 aromatic rings. The monoisotopic (exact) mass is 426 g/mol. The number of rotatable bonds is 4. The molecule has 0 fully saturated rings. The molecule has 8 heteroatoms. The van der Waals surface area contributed by atoms with Crippen LogP contribution in [0.5, 0.6) is 11.5 Å². The average Bonchev–Trinajstić information content (AvgIpc) is 2.46. The van der Waals surface area contributed by atoms with E-state index in [2.05, 4.69) is 0 Å². The second-order valence-corrected chi connectivity index (χ2v) is 10.3. The Balaban J connectivity index is 2.37. The Labute approximate surface area is 161 Å². The Morgan fingerprint density at radius 2 is 1.12 bits per heavy atom. The number of benzene rings is 2. The minimum absolute atomic E-state index is 0.294. The van der Waals surface area contributed by atoms with E-state index < -0.39 is 12.8 Å². The van der Waals surface area contributed by atoms with Crippen LogP contribution in [0.1, 0.15) is 20.8 Å². The van der Waals surface area contributed by atoms with Crippen LogP contribution in [0.25, 0.3) is 0 Å². The molecule has 130 valence electrons. The van der Waals surface area contributed by atoms with Crippen LogP contribution in [0.3, 0.4) is 0 Å². The zero-order valence-electron chi connectivity index (χ0n) is 13.1. The summed E-state index contributed by atoms with van der Waals surface area (Å²) in [5.74, 6) is 0.588. The third-order valence-corrected chi connectivity index (χ3v) is 7.08. The van der Waals surface area contributed by atoms with Gasteiger partial charge in [0.05, 0.1) is 25.2 Å². The molecule has 24 heavy (non-hydrogen) atoms. The maximum Gasteiger partial charge on any atom is 0.435 e. The lowest BCUT2D eigenvalue weighted by Gasteiger charge is -2.30. The summed E-state index contributed by atoms with van der Waals surface area (Å²) >= 11 is 23.7. The molecule has 0 unspecified atom stereocenters. The smallest absolute Gasteiger partial charge is 0.416 e. The van der Waals surface area contributed by atoms with Crippen LogP contribution in [0.2, 0.25) is 20.1 Å². The van der Waals surface area contributed by atoms with Crippen molar-refractivity contribution >= 4 is 54.0 Å². The standard InChI is InChI=1S/C16H15Cl4O3P/c1-16(2,3)24(21,22-10-4-6-12(17)14(19)8-10)23-11-5-7-13(18)15(20)9-11/h4-9H,1-3H3. The highest BCUT2D eigenvalue weighted by atomic mass is 35.5. The molecule has 0 N–H and O–H groups in total.